The van der Waals surface area contributed by atoms with Crippen LogP contribution >= 0.6 is 15.9 Å². The molecule has 2 rings (SSSR count). The first kappa shape index (κ1) is 14.5. The molecule has 0 spiro atoms. The van der Waals surface area contributed by atoms with Crippen molar-refractivity contribution in [3.05, 3.63) is 33.3 Å². The van der Waals surface area contributed by atoms with Crippen LogP contribution in [0.5, 0.6) is 0 Å². The van der Waals surface area contributed by atoms with Crippen LogP contribution in [-0.4, -0.2) is 38.0 Å². The molecular weight excluding hydrogens is 304 g/mol. The third kappa shape index (κ3) is 3.00. The van der Waals surface area contributed by atoms with E-state index >= 15 is 0 Å². The van der Waals surface area contributed by atoms with E-state index in [9.17, 15) is 4.79 Å². The van der Waals surface area contributed by atoms with Crippen LogP contribution in [0.4, 0.5) is 0 Å². The van der Waals surface area contributed by atoms with Crippen molar-refractivity contribution in [2.24, 2.45) is 5.92 Å². The Morgan fingerprint density at radius 3 is 2.42 bits per heavy atom. The van der Waals surface area contributed by atoms with Gasteiger partial charge in [0.25, 0.3) is 0 Å². The van der Waals surface area contributed by atoms with E-state index in [0.717, 1.165) is 23.1 Å². The molecule has 3 nitrogen and oxygen atoms in total. The fourth-order valence-corrected chi connectivity index (χ4v) is 3.12. The van der Waals surface area contributed by atoms with E-state index in [0.29, 0.717) is 5.92 Å². The lowest BCUT2D eigenvalue weighted by molar-refractivity contribution is -0.120. The first-order valence-electron chi connectivity index (χ1n) is 6.59. The van der Waals surface area contributed by atoms with Crippen LogP contribution in [0, 0.1) is 19.8 Å². The standard InChI is InChI=1S/C15H21BrN2O/c1-9-5-11(6-10(2)14(9)16)13-12(8-18(3)4)7-17-15(13)19/h5-6,12-13H,7-8H2,1-4H3,(H,17,19)/t12-,13-/m0/s1. The van der Waals surface area contributed by atoms with Gasteiger partial charge in [-0.1, -0.05) is 28.1 Å². The van der Waals surface area contributed by atoms with Gasteiger partial charge in [0.15, 0.2) is 0 Å². The zero-order valence-electron chi connectivity index (χ0n) is 12.0. The maximum Gasteiger partial charge on any atom is 0.227 e. The van der Waals surface area contributed by atoms with E-state index in [2.05, 4.69) is 66.2 Å². The molecule has 1 aromatic rings. The smallest absolute Gasteiger partial charge is 0.227 e. The molecule has 1 aliphatic heterocycles. The number of aryl methyl sites for hydroxylation is 2. The van der Waals surface area contributed by atoms with Crippen molar-refractivity contribution < 1.29 is 4.79 Å². The number of carbonyl (C=O) groups excluding carboxylic acids is 1. The van der Waals surface area contributed by atoms with E-state index in [4.69, 9.17) is 0 Å². The lowest BCUT2D eigenvalue weighted by atomic mass is 9.86. The second kappa shape index (κ2) is 5.63. The summed E-state index contributed by atoms with van der Waals surface area (Å²) in [5.74, 6) is 0.489. The number of nitrogens with zero attached hydrogens (tertiary/aromatic N) is 1. The second-order valence-corrected chi connectivity index (χ2v) is 6.51. The molecule has 19 heavy (non-hydrogen) atoms. The summed E-state index contributed by atoms with van der Waals surface area (Å²) in [7, 11) is 4.11. The summed E-state index contributed by atoms with van der Waals surface area (Å²) in [5, 5.41) is 3.00. The topological polar surface area (TPSA) is 32.3 Å². The highest BCUT2D eigenvalue weighted by molar-refractivity contribution is 9.10. The molecule has 1 amide bonds. The van der Waals surface area contributed by atoms with E-state index in [-0.39, 0.29) is 11.8 Å². The highest BCUT2D eigenvalue weighted by atomic mass is 79.9. The molecule has 1 saturated heterocycles. The summed E-state index contributed by atoms with van der Waals surface area (Å²) in [4.78, 5) is 14.3. The Morgan fingerprint density at radius 1 is 1.32 bits per heavy atom. The van der Waals surface area contributed by atoms with Gasteiger partial charge in [-0.2, -0.15) is 0 Å². The normalized spacial score (nSPS) is 22.9. The summed E-state index contributed by atoms with van der Waals surface area (Å²) in [6.07, 6.45) is 0. The number of benzene rings is 1. The fraction of sp³-hybridized carbons (Fsp3) is 0.533. The number of hydrogen-bond acceptors (Lipinski definition) is 2. The number of hydrogen-bond donors (Lipinski definition) is 1. The first-order valence-corrected chi connectivity index (χ1v) is 7.38. The second-order valence-electron chi connectivity index (χ2n) is 5.71. The molecule has 1 N–H and O–H groups in total. The van der Waals surface area contributed by atoms with Gasteiger partial charge in [0.2, 0.25) is 5.91 Å². The summed E-state index contributed by atoms with van der Waals surface area (Å²) in [5.41, 5.74) is 3.52. The summed E-state index contributed by atoms with van der Waals surface area (Å²) in [6, 6.07) is 4.27. The zero-order chi connectivity index (χ0) is 14.2. The van der Waals surface area contributed by atoms with Gasteiger partial charge < -0.3 is 10.2 Å². The molecule has 104 valence electrons. The first-order chi connectivity index (χ1) is 8.90. The lowest BCUT2D eigenvalue weighted by Crippen LogP contribution is -2.26. The Morgan fingerprint density at radius 2 is 1.89 bits per heavy atom. The number of carbonyl (C=O) groups is 1. The van der Waals surface area contributed by atoms with Gasteiger partial charge in [0.1, 0.15) is 0 Å². The third-order valence-electron chi connectivity index (χ3n) is 3.71. The Hall–Kier alpha value is -0.870. The van der Waals surface area contributed by atoms with Crippen molar-refractivity contribution in [3.63, 3.8) is 0 Å². The molecule has 4 heteroatoms. The molecule has 0 saturated carbocycles. The van der Waals surface area contributed by atoms with Crippen LogP contribution in [0.25, 0.3) is 0 Å². The summed E-state index contributed by atoms with van der Waals surface area (Å²) < 4.78 is 1.14. The van der Waals surface area contributed by atoms with Crippen LogP contribution in [0.1, 0.15) is 22.6 Å². The molecule has 0 bridgehead atoms. The van der Waals surface area contributed by atoms with Gasteiger partial charge in [-0.25, -0.2) is 0 Å². The SMILES string of the molecule is Cc1cc([C@@H]2C(=O)NC[C@H]2CN(C)C)cc(C)c1Br. The van der Waals surface area contributed by atoms with Crippen LogP contribution in [-0.2, 0) is 4.79 Å². The van der Waals surface area contributed by atoms with Gasteiger partial charge in [-0.15, -0.1) is 0 Å². The maximum atomic E-state index is 12.1. The van der Waals surface area contributed by atoms with Gasteiger partial charge in [-0.3, -0.25) is 4.79 Å². The quantitative estimate of drug-likeness (QED) is 0.926. The van der Waals surface area contributed by atoms with Crippen molar-refractivity contribution in [3.8, 4) is 0 Å². The molecule has 0 aromatic heterocycles. The average molecular weight is 325 g/mol. The van der Waals surface area contributed by atoms with Crippen LogP contribution < -0.4 is 5.32 Å². The van der Waals surface area contributed by atoms with Crippen molar-refractivity contribution in [2.75, 3.05) is 27.2 Å². The molecule has 0 unspecified atom stereocenters. The van der Waals surface area contributed by atoms with E-state index in [1.54, 1.807) is 0 Å². The summed E-state index contributed by atoms with van der Waals surface area (Å²) >= 11 is 3.58. The Labute approximate surface area is 123 Å². The van der Waals surface area contributed by atoms with Crippen LogP contribution in [0.2, 0.25) is 0 Å². The minimum absolute atomic E-state index is 0.0205. The lowest BCUT2D eigenvalue weighted by Gasteiger charge is -2.22. The number of amides is 1. The van der Waals surface area contributed by atoms with Gasteiger partial charge >= 0.3 is 0 Å². The van der Waals surface area contributed by atoms with E-state index in [1.807, 2.05) is 0 Å². The Bertz CT molecular complexity index is 476. The van der Waals surface area contributed by atoms with E-state index in [1.165, 1.54) is 11.1 Å². The average Bonchev–Trinajstić information content (AvgIpc) is 2.66. The fourth-order valence-electron chi connectivity index (χ4n) is 2.90. The van der Waals surface area contributed by atoms with Crippen LogP contribution in [0.3, 0.4) is 0 Å². The van der Waals surface area contributed by atoms with Crippen LogP contribution in [0.15, 0.2) is 16.6 Å². The largest absolute Gasteiger partial charge is 0.355 e. The van der Waals surface area contributed by atoms with Crippen molar-refractivity contribution >= 4 is 21.8 Å². The molecule has 0 radical (unpaired) electrons. The molecule has 0 aliphatic carbocycles. The molecule has 1 heterocycles. The minimum atomic E-state index is -0.0205. The van der Waals surface area contributed by atoms with Gasteiger partial charge in [-0.05, 0) is 44.6 Å². The van der Waals surface area contributed by atoms with E-state index < -0.39 is 0 Å². The maximum absolute atomic E-state index is 12.1. The van der Waals surface area contributed by atoms with Crippen molar-refractivity contribution in [1.29, 1.82) is 0 Å². The molecule has 2 atom stereocenters. The highest BCUT2D eigenvalue weighted by Crippen LogP contribution is 2.33. The third-order valence-corrected chi connectivity index (χ3v) is 4.96. The monoisotopic (exact) mass is 324 g/mol. The predicted octanol–water partition coefficient (Wildman–Crippen LogP) is 2.46. The molecule has 1 aliphatic rings. The predicted molar refractivity (Wildman–Crippen MR) is 81.4 cm³/mol. The highest BCUT2D eigenvalue weighted by Gasteiger charge is 2.36. The zero-order valence-corrected chi connectivity index (χ0v) is 13.5. The molecule has 1 aromatic carbocycles. The van der Waals surface area contributed by atoms with Crippen molar-refractivity contribution in [2.45, 2.75) is 19.8 Å². The van der Waals surface area contributed by atoms with Gasteiger partial charge in [0.05, 0.1) is 5.92 Å². The Kier molecular flexibility index (Phi) is 4.31. The number of rotatable bonds is 3. The van der Waals surface area contributed by atoms with Crippen molar-refractivity contribution in [1.82, 2.24) is 10.2 Å². The Balaban J connectivity index is 2.35. The summed E-state index contributed by atoms with van der Waals surface area (Å²) in [6.45, 7) is 5.86. The number of halogens is 1. The molecule has 1 fully saturated rings. The van der Waals surface area contributed by atoms with Gasteiger partial charge in [0, 0.05) is 23.5 Å². The minimum Gasteiger partial charge on any atom is -0.355 e. The number of nitrogens with one attached hydrogen (secondary N) is 1. The molecular formula is C15H21BrN2O.